The molecule has 0 fully saturated rings. The Morgan fingerprint density at radius 2 is 2.00 bits per heavy atom. The smallest absolute Gasteiger partial charge is 0.199 e. The summed E-state index contributed by atoms with van der Waals surface area (Å²) in [4.78, 5) is 12.5. The molecule has 0 aromatic carbocycles. The average Bonchev–Trinajstić information content (AvgIpc) is 2.14. The van der Waals surface area contributed by atoms with E-state index in [4.69, 9.17) is 5.11 Å². The summed E-state index contributed by atoms with van der Waals surface area (Å²) in [6.07, 6.45) is 1.14. The summed E-state index contributed by atoms with van der Waals surface area (Å²) >= 11 is 0. The van der Waals surface area contributed by atoms with Crippen molar-refractivity contribution >= 4 is 5.78 Å². The molecule has 0 saturated heterocycles. The molecule has 0 unspecified atom stereocenters. The summed E-state index contributed by atoms with van der Waals surface area (Å²) in [6.45, 7) is 0. The lowest BCUT2D eigenvalue weighted by Gasteiger charge is -2.12. The fourth-order valence-electron chi connectivity index (χ4n) is 1.07. The summed E-state index contributed by atoms with van der Waals surface area (Å²) in [5.41, 5.74) is 0.755. The average molecular weight is 141 g/mol. The molecule has 3 nitrogen and oxygen atoms in total. The summed E-state index contributed by atoms with van der Waals surface area (Å²) < 4.78 is 0. The zero-order chi connectivity index (χ0) is 7.72. The Kier molecular flexibility index (Phi) is 1.66. The second-order valence-electron chi connectivity index (χ2n) is 2.61. The minimum absolute atomic E-state index is 0.0509. The Morgan fingerprint density at radius 3 is 2.20 bits per heavy atom. The molecule has 1 rings (SSSR count). The maximum atomic E-state index is 10.8. The van der Waals surface area contributed by atoms with Gasteiger partial charge in [-0.1, -0.05) is 0 Å². The summed E-state index contributed by atoms with van der Waals surface area (Å²) in [6, 6.07) is 0. The molecule has 0 spiro atoms. The fourth-order valence-corrected chi connectivity index (χ4v) is 1.07. The quantitative estimate of drug-likeness (QED) is 0.583. The Bertz CT molecular complexity index is 194. The van der Waals surface area contributed by atoms with Crippen molar-refractivity contribution in [2.75, 3.05) is 14.1 Å². The molecule has 0 heterocycles. The van der Waals surface area contributed by atoms with Gasteiger partial charge in [-0.3, -0.25) is 4.79 Å². The van der Waals surface area contributed by atoms with Gasteiger partial charge in [0.15, 0.2) is 11.5 Å². The van der Waals surface area contributed by atoms with Gasteiger partial charge in [-0.25, -0.2) is 0 Å². The highest BCUT2D eigenvalue weighted by molar-refractivity contribution is 5.96. The molecule has 0 aromatic rings. The van der Waals surface area contributed by atoms with Gasteiger partial charge >= 0.3 is 0 Å². The van der Waals surface area contributed by atoms with E-state index in [1.807, 2.05) is 14.1 Å². The number of aliphatic hydroxyl groups excluding tert-OH is 1. The van der Waals surface area contributed by atoms with Crippen molar-refractivity contribution in [3.8, 4) is 0 Å². The molecule has 0 bridgehead atoms. The number of carbonyl (C=O) groups excluding carboxylic acids is 1. The molecular formula is C7H11NO2. The first kappa shape index (κ1) is 7.12. The lowest BCUT2D eigenvalue weighted by Crippen LogP contribution is -2.11. The third kappa shape index (κ3) is 0.988. The van der Waals surface area contributed by atoms with Crippen LogP contribution in [0.2, 0.25) is 0 Å². The lowest BCUT2D eigenvalue weighted by atomic mass is 10.3. The summed E-state index contributed by atoms with van der Waals surface area (Å²) in [5.74, 6) is -0.186. The molecule has 1 N–H and O–H groups in total. The SMILES string of the molecule is CN(C)C1=C(O)C(=O)CC1. The number of allylic oxidation sites excluding steroid dienone is 2. The van der Waals surface area contributed by atoms with E-state index in [2.05, 4.69) is 0 Å². The predicted octanol–water partition coefficient (Wildman–Crippen LogP) is 0.681. The molecule has 0 saturated carbocycles. The van der Waals surface area contributed by atoms with Crippen molar-refractivity contribution in [1.29, 1.82) is 0 Å². The Hall–Kier alpha value is -0.990. The first-order valence-electron chi connectivity index (χ1n) is 3.25. The normalized spacial score (nSPS) is 18.4. The third-order valence-electron chi connectivity index (χ3n) is 1.67. The van der Waals surface area contributed by atoms with E-state index in [9.17, 15) is 4.79 Å². The second-order valence-corrected chi connectivity index (χ2v) is 2.61. The number of ketones is 1. The molecule has 0 amide bonds. The second kappa shape index (κ2) is 2.33. The van der Waals surface area contributed by atoms with Crippen LogP contribution in [0.4, 0.5) is 0 Å². The highest BCUT2D eigenvalue weighted by atomic mass is 16.3. The van der Waals surface area contributed by atoms with Gasteiger partial charge in [0, 0.05) is 20.5 Å². The van der Waals surface area contributed by atoms with Crippen LogP contribution in [0.3, 0.4) is 0 Å². The molecule has 0 atom stereocenters. The number of hydrogen-bond donors (Lipinski definition) is 1. The van der Waals surface area contributed by atoms with E-state index in [1.54, 1.807) is 4.90 Å². The van der Waals surface area contributed by atoms with Crippen molar-refractivity contribution < 1.29 is 9.90 Å². The first-order chi connectivity index (χ1) is 4.63. The van der Waals surface area contributed by atoms with Gasteiger partial charge in [0.25, 0.3) is 0 Å². The molecule has 10 heavy (non-hydrogen) atoms. The van der Waals surface area contributed by atoms with Crippen molar-refractivity contribution in [2.45, 2.75) is 12.8 Å². The zero-order valence-electron chi connectivity index (χ0n) is 6.22. The molecule has 0 radical (unpaired) electrons. The van der Waals surface area contributed by atoms with Gasteiger partial charge < -0.3 is 10.0 Å². The van der Waals surface area contributed by atoms with Gasteiger partial charge in [0.05, 0.1) is 5.70 Å². The predicted molar refractivity (Wildman–Crippen MR) is 37.6 cm³/mol. The first-order valence-corrected chi connectivity index (χ1v) is 3.25. The van der Waals surface area contributed by atoms with Gasteiger partial charge in [-0.05, 0) is 6.42 Å². The monoisotopic (exact) mass is 141 g/mol. The van der Waals surface area contributed by atoms with E-state index in [-0.39, 0.29) is 11.5 Å². The molecule has 1 aliphatic carbocycles. The Balaban J connectivity index is 2.85. The van der Waals surface area contributed by atoms with Crippen LogP contribution in [-0.4, -0.2) is 29.9 Å². The third-order valence-corrected chi connectivity index (χ3v) is 1.67. The fraction of sp³-hybridized carbons (Fsp3) is 0.571. The molecule has 0 aromatic heterocycles. The highest BCUT2D eigenvalue weighted by Gasteiger charge is 2.22. The van der Waals surface area contributed by atoms with Crippen LogP contribution in [0.1, 0.15) is 12.8 Å². The van der Waals surface area contributed by atoms with E-state index in [0.29, 0.717) is 12.8 Å². The minimum atomic E-state index is -0.135. The van der Waals surface area contributed by atoms with Crippen LogP contribution in [0, 0.1) is 0 Å². The maximum absolute atomic E-state index is 10.8. The van der Waals surface area contributed by atoms with Crippen LogP contribution in [0.5, 0.6) is 0 Å². The molecule has 56 valence electrons. The maximum Gasteiger partial charge on any atom is 0.199 e. The van der Waals surface area contributed by atoms with Crippen molar-refractivity contribution in [1.82, 2.24) is 4.90 Å². The van der Waals surface area contributed by atoms with E-state index in [1.165, 1.54) is 0 Å². The van der Waals surface area contributed by atoms with Crippen LogP contribution in [-0.2, 0) is 4.79 Å². The number of nitrogens with zero attached hydrogens (tertiary/aromatic N) is 1. The molecular weight excluding hydrogens is 130 g/mol. The molecule has 1 aliphatic rings. The van der Waals surface area contributed by atoms with Gasteiger partial charge in [-0.15, -0.1) is 0 Å². The topological polar surface area (TPSA) is 40.5 Å². The van der Waals surface area contributed by atoms with E-state index >= 15 is 0 Å². The minimum Gasteiger partial charge on any atom is -0.503 e. The number of hydrogen-bond acceptors (Lipinski definition) is 3. The van der Waals surface area contributed by atoms with Gasteiger partial charge in [0.2, 0.25) is 0 Å². The molecule has 0 aliphatic heterocycles. The van der Waals surface area contributed by atoms with Crippen LogP contribution in [0.15, 0.2) is 11.5 Å². The number of aliphatic hydroxyl groups is 1. The van der Waals surface area contributed by atoms with Crippen LogP contribution < -0.4 is 0 Å². The summed E-state index contributed by atoms with van der Waals surface area (Å²) in [7, 11) is 3.65. The molecule has 3 heteroatoms. The van der Waals surface area contributed by atoms with Gasteiger partial charge in [-0.2, -0.15) is 0 Å². The van der Waals surface area contributed by atoms with Crippen molar-refractivity contribution in [3.05, 3.63) is 11.5 Å². The van der Waals surface area contributed by atoms with E-state index < -0.39 is 0 Å². The standard InChI is InChI=1S/C7H11NO2/c1-8(2)5-3-4-6(9)7(5)10/h10H,3-4H2,1-2H3. The van der Waals surface area contributed by atoms with Crippen molar-refractivity contribution in [2.24, 2.45) is 0 Å². The Labute approximate surface area is 59.9 Å². The lowest BCUT2D eigenvalue weighted by molar-refractivity contribution is -0.117. The van der Waals surface area contributed by atoms with Crippen LogP contribution >= 0.6 is 0 Å². The largest absolute Gasteiger partial charge is 0.503 e. The van der Waals surface area contributed by atoms with E-state index in [0.717, 1.165) is 5.70 Å². The van der Waals surface area contributed by atoms with Crippen molar-refractivity contribution in [3.63, 3.8) is 0 Å². The summed E-state index contributed by atoms with van der Waals surface area (Å²) in [5, 5.41) is 9.12. The van der Waals surface area contributed by atoms with Gasteiger partial charge in [0.1, 0.15) is 0 Å². The number of Topliss-reactive ketones (excluding diaryl/α,β-unsaturated/α-hetero) is 1. The number of rotatable bonds is 1. The van der Waals surface area contributed by atoms with Crippen LogP contribution in [0.25, 0.3) is 0 Å². The Morgan fingerprint density at radius 1 is 1.40 bits per heavy atom. The zero-order valence-corrected chi connectivity index (χ0v) is 6.22. The number of carbonyl (C=O) groups is 1. The highest BCUT2D eigenvalue weighted by Crippen LogP contribution is 2.21.